The van der Waals surface area contributed by atoms with Crippen molar-refractivity contribution < 1.29 is 14.3 Å². The van der Waals surface area contributed by atoms with Gasteiger partial charge in [-0.15, -0.1) is 0 Å². The van der Waals surface area contributed by atoms with Crippen LogP contribution in [0.25, 0.3) is 17.0 Å². The first kappa shape index (κ1) is 19.1. The van der Waals surface area contributed by atoms with Crippen LogP contribution in [0, 0.1) is 0 Å². The Morgan fingerprint density at radius 2 is 2.07 bits per heavy atom. The van der Waals surface area contributed by atoms with Crippen molar-refractivity contribution in [2.24, 2.45) is 0 Å². The Labute approximate surface area is 174 Å². The van der Waals surface area contributed by atoms with Gasteiger partial charge in [0.1, 0.15) is 11.0 Å². The molecule has 148 valence electrons. The first-order valence-corrected chi connectivity index (χ1v) is 9.62. The summed E-state index contributed by atoms with van der Waals surface area (Å²) in [6.07, 6.45) is 4.58. The first-order valence-electron chi connectivity index (χ1n) is 8.83. The van der Waals surface area contributed by atoms with Crippen molar-refractivity contribution in [2.45, 2.75) is 13.5 Å². The zero-order chi connectivity index (χ0) is 20.4. The second-order valence-electron chi connectivity index (χ2n) is 6.09. The van der Waals surface area contributed by atoms with Crippen LogP contribution in [0.5, 0.6) is 5.88 Å². The molecule has 0 N–H and O–H groups in total. The second kappa shape index (κ2) is 8.00. The summed E-state index contributed by atoms with van der Waals surface area (Å²) in [5, 5.41) is 8.60. The van der Waals surface area contributed by atoms with Crippen LogP contribution in [0.1, 0.15) is 22.8 Å². The molecule has 9 nitrogen and oxygen atoms in total. The zero-order valence-electron chi connectivity index (χ0n) is 15.7. The van der Waals surface area contributed by atoms with Gasteiger partial charge in [0.25, 0.3) is 5.95 Å². The smallest absolute Gasteiger partial charge is 0.341 e. The summed E-state index contributed by atoms with van der Waals surface area (Å²) in [4.78, 5) is 20.8. The molecule has 0 spiro atoms. The van der Waals surface area contributed by atoms with Crippen molar-refractivity contribution in [1.29, 1.82) is 0 Å². The molecule has 0 bridgehead atoms. The molecule has 1 aromatic carbocycles. The molecule has 0 unspecified atom stereocenters. The lowest BCUT2D eigenvalue weighted by Gasteiger charge is -2.08. The molecule has 0 aliphatic carbocycles. The van der Waals surface area contributed by atoms with Crippen LogP contribution in [0.4, 0.5) is 0 Å². The quantitative estimate of drug-likeness (QED) is 0.411. The molecule has 0 aliphatic rings. The Kier molecular flexibility index (Phi) is 5.26. The highest BCUT2D eigenvalue weighted by molar-refractivity contribution is 9.10. The molecule has 29 heavy (non-hydrogen) atoms. The van der Waals surface area contributed by atoms with Crippen molar-refractivity contribution in [3.63, 3.8) is 0 Å². The third-order valence-electron chi connectivity index (χ3n) is 4.16. The van der Waals surface area contributed by atoms with Gasteiger partial charge in [0.15, 0.2) is 0 Å². The van der Waals surface area contributed by atoms with Gasteiger partial charge < -0.3 is 9.47 Å². The van der Waals surface area contributed by atoms with Crippen LogP contribution in [0.2, 0.25) is 0 Å². The Morgan fingerprint density at radius 3 is 2.83 bits per heavy atom. The summed E-state index contributed by atoms with van der Waals surface area (Å²) in [7, 11) is 1.54. The van der Waals surface area contributed by atoms with E-state index >= 15 is 0 Å². The summed E-state index contributed by atoms with van der Waals surface area (Å²) in [5.74, 6) is 0.186. The van der Waals surface area contributed by atoms with Gasteiger partial charge in [0.2, 0.25) is 5.88 Å². The maximum Gasteiger partial charge on any atom is 0.341 e. The van der Waals surface area contributed by atoms with Gasteiger partial charge in [-0.3, -0.25) is 4.68 Å². The third-order valence-corrected chi connectivity index (χ3v) is 4.65. The number of ether oxygens (including phenoxy) is 2. The standard InChI is InChI=1S/C19H17BrN6O3/c1-3-29-18(27)13-8-21-26(11-13)19-23-15-9-22-25(16(15)17(24-19)28-2)10-12-5-4-6-14(20)7-12/h4-9,11H,3,10H2,1-2H3. The fourth-order valence-corrected chi connectivity index (χ4v) is 3.33. The number of rotatable bonds is 6. The number of carbonyl (C=O) groups is 1. The number of fused-ring (bicyclic) bond motifs is 1. The molecule has 0 saturated heterocycles. The Morgan fingerprint density at radius 1 is 1.21 bits per heavy atom. The second-order valence-corrected chi connectivity index (χ2v) is 7.01. The topological polar surface area (TPSA) is 97.0 Å². The molecule has 10 heteroatoms. The third kappa shape index (κ3) is 3.83. The summed E-state index contributed by atoms with van der Waals surface area (Å²) in [6, 6.07) is 7.97. The van der Waals surface area contributed by atoms with E-state index in [2.05, 4.69) is 36.1 Å². The minimum Gasteiger partial charge on any atom is -0.479 e. The Hall–Kier alpha value is -3.27. The van der Waals surface area contributed by atoms with Gasteiger partial charge in [-0.05, 0) is 24.6 Å². The van der Waals surface area contributed by atoms with Crippen molar-refractivity contribution in [1.82, 2.24) is 29.5 Å². The maximum atomic E-state index is 11.9. The van der Waals surface area contributed by atoms with E-state index < -0.39 is 5.97 Å². The molecular weight excluding hydrogens is 440 g/mol. The number of aromatic nitrogens is 6. The predicted molar refractivity (Wildman–Crippen MR) is 108 cm³/mol. The first-order chi connectivity index (χ1) is 14.1. The number of hydrogen-bond acceptors (Lipinski definition) is 7. The molecule has 4 rings (SSSR count). The van der Waals surface area contributed by atoms with Crippen LogP contribution in [0.3, 0.4) is 0 Å². The van der Waals surface area contributed by atoms with E-state index in [0.717, 1.165) is 10.0 Å². The number of esters is 1. The number of halogens is 1. The number of carbonyl (C=O) groups excluding carboxylic acids is 1. The van der Waals surface area contributed by atoms with E-state index in [4.69, 9.17) is 9.47 Å². The Balaban J connectivity index is 1.71. The number of benzene rings is 1. The monoisotopic (exact) mass is 456 g/mol. The van der Waals surface area contributed by atoms with Crippen LogP contribution in [0.15, 0.2) is 47.3 Å². The Bertz CT molecular complexity index is 1190. The van der Waals surface area contributed by atoms with E-state index in [1.54, 1.807) is 17.8 Å². The lowest BCUT2D eigenvalue weighted by molar-refractivity contribution is 0.0526. The minimum atomic E-state index is -0.450. The van der Waals surface area contributed by atoms with Crippen molar-refractivity contribution >= 4 is 32.9 Å². The average molecular weight is 457 g/mol. The molecule has 0 radical (unpaired) electrons. The highest BCUT2D eigenvalue weighted by Crippen LogP contribution is 2.24. The van der Waals surface area contributed by atoms with Gasteiger partial charge in [0.05, 0.1) is 38.2 Å². The number of nitrogens with zero attached hydrogens (tertiary/aromatic N) is 6. The van der Waals surface area contributed by atoms with E-state index in [0.29, 0.717) is 29.0 Å². The van der Waals surface area contributed by atoms with E-state index in [1.165, 1.54) is 24.2 Å². The molecule has 0 saturated carbocycles. The normalized spacial score (nSPS) is 11.0. The molecule has 3 heterocycles. The lowest BCUT2D eigenvalue weighted by Crippen LogP contribution is -2.07. The molecule has 4 aromatic rings. The van der Waals surface area contributed by atoms with Crippen LogP contribution >= 0.6 is 15.9 Å². The van der Waals surface area contributed by atoms with E-state index in [1.807, 2.05) is 24.3 Å². The maximum absolute atomic E-state index is 11.9. The molecule has 3 aromatic heterocycles. The summed E-state index contributed by atoms with van der Waals surface area (Å²) in [6.45, 7) is 2.57. The van der Waals surface area contributed by atoms with Crippen molar-refractivity contribution in [3.05, 3.63) is 58.5 Å². The SMILES string of the molecule is CCOC(=O)c1cnn(-c2nc(OC)c3c(cnn3Cc3cccc(Br)c3)n2)c1. The van der Waals surface area contributed by atoms with Gasteiger partial charge in [0, 0.05) is 10.7 Å². The highest BCUT2D eigenvalue weighted by Gasteiger charge is 2.17. The summed E-state index contributed by atoms with van der Waals surface area (Å²) < 4.78 is 14.7. The summed E-state index contributed by atoms with van der Waals surface area (Å²) in [5.41, 5.74) is 2.67. The van der Waals surface area contributed by atoms with Gasteiger partial charge in [-0.25, -0.2) is 14.5 Å². The van der Waals surface area contributed by atoms with Crippen molar-refractivity contribution in [3.8, 4) is 11.8 Å². The highest BCUT2D eigenvalue weighted by atomic mass is 79.9. The fraction of sp³-hybridized carbons (Fsp3) is 0.211. The summed E-state index contributed by atoms with van der Waals surface area (Å²) >= 11 is 3.48. The van der Waals surface area contributed by atoms with Crippen molar-refractivity contribution in [2.75, 3.05) is 13.7 Å². The average Bonchev–Trinajstić information content (AvgIpc) is 3.35. The van der Waals surface area contributed by atoms with Crippen LogP contribution in [-0.4, -0.2) is 49.2 Å². The molecule has 0 atom stereocenters. The molecular formula is C19H17BrN6O3. The van der Waals surface area contributed by atoms with Gasteiger partial charge >= 0.3 is 5.97 Å². The predicted octanol–water partition coefficient (Wildman–Crippen LogP) is 3.01. The van der Waals surface area contributed by atoms with Gasteiger partial charge in [-0.1, -0.05) is 28.1 Å². The molecule has 0 amide bonds. The largest absolute Gasteiger partial charge is 0.479 e. The molecule has 0 fully saturated rings. The molecule has 0 aliphatic heterocycles. The number of methoxy groups -OCH3 is 1. The van der Waals surface area contributed by atoms with Crippen LogP contribution < -0.4 is 4.74 Å². The zero-order valence-corrected chi connectivity index (χ0v) is 17.3. The minimum absolute atomic E-state index is 0.270. The number of hydrogen-bond donors (Lipinski definition) is 0. The fourth-order valence-electron chi connectivity index (χ4n) is 2.88. The van der Waals surface area contributed by atoms with E-state index in [9.17, 15) is 4.79 Å². The van der Waals surface area contributed by atoms with E-state index in [-0.39, 0.29) is 12.6 Å². The van der Waals surface area contributed by atoms with Crippen LogP contribution in [-0.2, 0) is 11.3 Å². The van der Waals surface area contributed by atoms with Gasteiger partial charge in [-0.2, -0.15) is 15.2 Å². The lowest BCUT2D eigenvalue weighted by atomic mass is 10.2.